The fourth-order valence-corrected chi connectivity index (χ4v) is 3.52. The maximum Gasteiger partial charge on any atom is 0.280 e. The molecule has 1 aromatic carbocycles. The van der Waals surface area contributed by atoms with Crippen LogP contribution < -0.4 is 10.2 Å². The van der Waals surface area contributed by atoms with Crippen LogP contribution in [0.2, 0.25) is 0 Å². The van der Waals surface area contributed by atoms with Crippen molar-refractivity contribution in [2.75, 3.05) is 4.90 Å². The summed E-state index contributed by atoms with van der Waals surface area (Å²) in [7, 11) is 0. The smallest absolute Gasteiger partial charge is 0.280 e. The Labute approximate surface area is 180 Å². The van der Waals surface area contributed by atoms with Gasteiger partial charge in [-0.2, -0.15) is 0 Å². The first kappa shape index (κ1) is 21.6. The van der Waals surface area contributed by atoms with Crippen LogP contribution >= 0.6 is 11.5 Å². The molecule has 0 radical (unpaired) electrons. The van der Waals surface area contributed by atoms with Crippen molar-refractivity contribution in [3.8, 4) is 0 Å². The number of rotatable bonds is 5. The molecule has 1 N–H and O–H groups in total. The Morgan fingerprint density at radius 2 is 1.90 bits per heavy atom. The van der Waals surface area contributed by atoms with Gasteiger partial charge in [0.05, 0.1) is 5.69 Å². The van der Waals surface area contributed by atoms with Crippen LogP contribution in [0.3, 0.4) is 0 Å². The number of pyridine rings is 1. The van der Waals surface area contributed by atoms with Gasteiger partial charge in [0.1, 0.15) is 0 Å². The number of nitrogens with zero attached hydrogens (tertiary/aromatic N) is 4. The standard InChI is InChI=1S/C22H25N5O2S/c1-14-9-10-15(2)18(12-14)27(21(29)17-13-30-26-25-17)19(16-8-6-7-11-23-16)20(28)24-22(3,4)5/h6-13,19H,1-5H3,(H,24,28). The Balaban J connectivity index is 2.21. The van der Waals surface area contributed by atoms with Crippen molar-refractivity contribution in [1.82, 2.24) is 19.9 Å². The Morgan fingerprint density at radius 3 is 2.50 bits per heavy atom. The van der Waals surface area contributed by atoms with Crippen LogP contribution in [0.15, 0.2) is 48.0 Å². The molecular weight excluding hydrogens is 398 g/mol. The maximum absolute atomic E-state index is 13.6. The molecule has 2 heterocycles. The summed E-state index contributed by atoms with van der Waals surface area (Å²) in [4.78, 5) is 32.9. The summed E-state index contributed by atoms with van der Waals surface area (Å²) in [6, 6.07) is 10.1. The number of anilines is 1. The molecule has 0 saturated carbocycles. The molecule has 2 aromatic heterocycles. The summed E-state index contributed by atoms with van der Waals surface area (Å²) >= 11 is 1.09. The molecule has 0 aliphatic heterocycles. The molecule has 156 valence electrons. The number of carbonyl (C=O) groups is 2. The third kappa shape index (κ3) is 4.88. The second-order valence-corrected chi connectivity index (χ2v) is 8.76. The second kappa shape index (κ2) is 8.71. The van der Waals surface area contributed by atoms with E-state index in [9.17, 15) is 9.59 Å². The first-order chi connectivity index (χ1) is 14.2. The first-order valence-corrected chi connectivity index (χ1v) is 10.4. The number of aromatic nitrogens is 3. The Morgan fingerprint density at radius 1 is 1.13 bits per heavy atom. The average molecular weight is 424 g/mol. The number of hydrogen-bond acceptors (Lipinski definition) is 6. The van der Waals surface area contributed by atoms with Gasteiger partial charge >= 0.3 is 0 Å². The van der Waals surface area contributed by atoms with E-state index in [1.54, 1.807) is 29.8 Å². The molecule has 3 rings (SSSR count). The molecular formula is C22H25N5O2S. The fourth-order valence-electron chi connectivity index (χ4n) is 3.09. The number of hydrogen-bond donors (Lipinski definition) is 1. The Bertz CT molecular complexity index is 1030. The van der Waals surface area contributed by atoms with Gasteiger partial charge in [0.2, 0.25) is 5.91 Å². The largest absolute Gasteiger partial charge is 0.349 e. The summed E-state index contributed by atoms with van der Waals surface area (Å²) in [6.45, 7) is 9.55. The minimum atomic E-state index is -0.972. The Kier molecular flexibility index (Phi) is 6.26. The summed E-state index contributed by atoms with van der Waals surface area (Å²) in [5.41, 5.74) is 2.64. The Hall–Kier alpha value is -3.13. The molecule has 0 fully saturated rings. The zero-order valence-corrected chi connectivity index (χ0v) is 18.5. The van der Waals surface area contributed by atoms with Crippen LogP contribution in [-0.2, 0) is 4.79 Å². The van der Waals surface area contributed by atoms with Gasteiger partial charge in [-0.3, -0.25) is 19.5 Å². The van der Waals surface area contributed by atoms with Crippen molar-refractivity contribution < 1.29 is 9.59 Å². The monoisotopic (exact) mass is 423 g/mol. The van der Waals surface area contributed by atoms with Crippen molar-refractivity contribution in [2.45, 2.75) is 46.2 Å². The molecule has 0 bridgehead atoms. The summed E-state index contributed by atoms with van der Waals surface area (Å²) in [5, 5.41) is 8.53. The van der Waals surface area contributed by atoms with E-state index in [0.29, 0.717) is 11.4 Å². The third-order valence-corrected chi connectivity index (χ3v) is 4.90. The van der Waals surface area contributed by atoms with Gasteiger partial charge in [0.25, 0.3) is 5.91 Å². The van der Waals surface area contributed by atoms with E-state index in [-0.39, 0.29) is 11.6 Å². The van der Waals surface area contributed by atoms with Gasteiger partial charge in [0.15, 0.2) is 11.7 Å². The molecule has 0 spiro atoms. The molecule has 1 atom stereocenters. The molecule has 2 amide bonds. The van der Waals surface area contributed by atoms with Gasteiger partial charge in [0, 0.05) is 22.8 Å². The highest BCUT2D eigenvalue weighted by Gasteiger charge is 2.37. The van der Waals surface area contributed by atoms with Gasteiger partial charge < -0.3 is 5.32 Å². The third-order valence-electron chi connectivity index (χ3n) is 4.39. The lowest BCUT2D eigenvalue weighted by Crippen LogP contribution is -2.50. The quantitative estimate of drug-likeness (QED) is 0.673. The van der Waals surface area contributed by atoms with Crippen molar-refractivity contribution in [3.05, 3.63) is 70.5 Å². The molecule has 0 aliphatic rings. The maximum atomic E-state index is 13.6. The first-order valence-electron chi connectivity index (χ1n) is 9.58. The van der Waals surface area contributed by atoms with E-state index in [1.165, 1.54) is 4.90 Å². The topological polar surface area (TPSA) is 88.1 Å². The van der Waals surface area contributed by atoms with E-state index < -0.39 is 17.5 Å². The minimum absolute atomic E-state index is 0.186. The van der Waals surface area contributed by atoms with Crippen molar-refractivity contribution in [1.29, 1.82) is 0 Å². The lowest BCUT2D eigenvalue weighted by molar-refractivity contribution is -0.124. The van der Waals surface area contributed by atoms with Crippen molar-refractivity contribution in [2.24, 2.45) is 0 Å². The lowest BCUT2D eigenvalue weighted by Gasteiger charge is -2.33. The second-order valence-electron chi connectivity index (χ2n) is 8.15. The van der Waals surface area contributed by atoms with Crippen LogP contribution in [0.5, 0.6) is 0 Å². The van der Waals surface area contributed by atoms with Crippen molar-refractivity contribution in [3.63, 3.8) is 0 Å². The van der Waals surface area contributed by atoms with Crippen molar-refractivity contribution >= 4 is 29.0 Å². The average Bonchev–Trinajstić information content (AvgIpc) is 3.21. The molecule has 3 aromatic rings. The zero-order valence-electron chi connectivity index (χ0n) is 17.7. The number of amides is 2. The summed E-state index contributed by atoms with van der Waals surface area (Å²) < 4.78 is 3.82. The van der Waals surface area contributed by atoms with E-state index in [2.05, 4.69) is 19.9 Å². The molecule has 30 heavy (non-hydrogen) atoms. The number of benzene rings is 1. The van der Waals surface area contributed by atoms with Crippen LogP contribution in [0, 0.1) is 13.8 Å². The zero-order chi connectivity index (χ0) is 21.9. The molecule has 0 saturated heterocycles. The lowest BCUT2D eigenvalue weighted by atomic mass is 10.0. The van der Waals surface area contributed by atoms with E-state index in [0.717, 1.165) is 22.7 Å². The summed E-state index contributed by atoms with van der Waals surface area (Å²) in [6.07, 6.45) is 1.61. The fraction of sp³-hybridized carbons (Fsp3) is 0.318. The molecule has 8 heteroatoms. The SMILES string of the molecule is Cc1ccc(C)c(N(C(=O)c2csnn2)C(C(=O)NC(C)(C)C)c2ccccn2)c1. The van der Waals surface area contributed by atoms with Crippen LogP contribution in [0.1, 0.15) is 54.1 Å². The molecule has 1 unspecified atom stereocenters. The highest BCUT2D eigenvalue weighted by molar-refractivity contribution is 7.03. The van der Waals surface area contributed by atoms with Gasteiger partial charge in [-0.1, -0.05) is 22.7 Å². The predicted molar refractivity (Wildman–Crippen MR) is 118 cm³/mol. The van der Waals surface area contributed by atoms with E-state index in [1.807, 2.05) is 52.8 Å². The summed E-state index contributed by atoms with van der Waals surface area (Å²) in [5.74, 6) is -0.726. The number of carbonyl (C=O) groups excluding carboxylic acids is 2. The number of aryl methyl sites for hydroxylation is 2. The normalized spacial score (nSPS) is 12.3. The van der Waals surface area contributed by atoms with Crippen LogP contribution in [-0.4, -0.2) is 31.9 Å². The number of nitrogens with one attached hydrogen (secondary N) is 1. The van der Waals surface area contributed by atoms with Gasteiger partial charge in [-0.05, 0) is 75.5 Å². The van der Waals surface area contributed by atoms with E-state index >= 15 is 0 Å². The van der Waals surface area contributed by atoms with Crippen LogP contribution in [0.4, 0.5) is 5.69 Å². The highest BCUT2D eigenvalue weighted by Crippen LogP contribution is 2.32. The molecule has 0 aliphatic carbocycles. The van der Waals surface area contributed by atoms with Crippen LogP contribution in [0.25, 0.3) is 0 Å². The predicted octanol–water partition coefficient (Wildman–Crippen LogP) is 3.85. The highest BCUT2D eigenvalue weighted by atomic mass is 32.1. The molecule has 7 nitrogen and oxygen atoms in total. The minimum Gasteiger partial charge on any atom is -0.349 e. The van der Waals surface area contributed by atoms with Gasteiger partial charge in [-0.25, -0.2) is 0 Å². The van der Waals surface area contributed by atoms with Gasteiger partial charge in [-0.15, -0.1) is 5.10 Å². The van der Waals surface area contributed by atoms with E-state index in [4.69, 9.17) is 0 Å².